The second-order valence-electron chi connectivity index (χ2n) is 7.34. The van der Waals surface area contributed by atoms with Gasteiger partial charge in [-0.1, -0.05) is 12.6 Å². The first-order valence-electron chi connectivity index (χ1n) is 8.91. The van der Waals surface area contributed by atoms with E-state index in [0.29, 0.717) is 13.1 Å². The van der Waals surface area contributed by atoms with E-state index in [-0.39, 0.29) is 29.1 Å². The zero-order chi connectivity index (χ0) is 18.0. The van der Waals surface area contributed by atoms with Crippen LogP contribution in [0.3, 0.4) is 0 Å². The molecule has 1 saturated carbocycles. The SMILES string of the molecule is C=CC(=O)N1CCCC(C(=O)NC2(Cc3ccc(F)cc3C)CC2)C1. The highest BCUT2D eigenvalue weighted by Gasteiger charge is 2.45. The number of carbonyl (C=O) groups excluding carboxylic acids is 2. The molecular weight excluding hydrogens is 319 g/mol. The van der Waals surface area contributed by atoms with Crippen LogP contribution in [0.5, 0.6) is 0 Å². The van der Waals surface area contributed by atoms with Crippen molar-refractivity contribution in [2.24, 2.45) is 5.92 Å². The monoisotopic (exact) mass is 344 g/mol. The fourth-order valence-corrected chi connectivity index (χ4v) is 3.60. The highest BCUT2D eigenvalue weighted by Crippen LogP contribution is 2.39. The largest absolute Gasteiger partial charge is 0.350 e. The molecule has 0 bridgehead atoms. The van der Waals surface area contributed by atoms with Gasteiger partial charge in [-0.3, -0.25) is 9.59 Å². The lowest BCUT2D eigenvalue weighted by molar-refractivity contribution is -0.132. The number of likely N-dealkylation sites (tertiary alicyclic amines) is 1. The van der Waals surface area contributed by atoms with Crippen molar-refractivity contribution in [1.29, 1.82) is 0 Å². The van der Waals surface area contributed by atoms with Gasteiger partial charge in [0, 0.05) is 18.6 Å². The van der Waals surface area contributed by atoms with Crippen molar-refractivity contribution in [3.8, 4) is 0 Å². The number of rotatable bonds is 5. The van der Waals surface area contributed by atoms with Crippen molar-refractivity contribution in [3.05, 3.63) is 47.8 Å². The molecule has 1 heterocycles. The minimum Gasteiger partial charge on any atom is -0.350 e. The van der Waals surface area contributed by atoms with Gasteiger partial charge in [0.05, 0.1) is 5.92 Å². The molecule has 134 valence electrons. The summed E-state index contributed by atoms with van der Waals surface area (Å²) in [5.41, 5.74) is 1.79. The first-order chi connectivity index (χ1) is 11.9. The molecule has 1 saturated heterocycles. The summed E-state index contributed by atoms with van der Waals surface area (Å²) >= 11 is 0. The zero-order valence-corrected chi connectivity index (χ0v) is 14.7. The lowest BCUT2D eigenvalue weighted by Gasteiger charge is -2.32. The third kappa shape index (κ3) is 4.09. The summed E-state index contributed by atoms with van der Waals surface area (Å²) < 4.78 is 13.3. The van der Waals surface area contributed by atoms with Crippen molar-refractivity contribution >= 4 is 11.8 Å². The second kappa shape index (κ2) is 6.98. The van der Waals surface area contributed by atoms with Gasteiger partial charge in [0.2, 0.25) is 11.8 Å². The van der Waals surface area contributed by atoms with Gasteiger partial charge in [-0.25, -0.2) is 4.39 Å². The Hall–Kier alpha value is -2.17. The molecule has 25 heavy (non-hydrogen) atoms. The van der Waals surface area contributed by atoms with Crippen LogP contribution >= 0.6 is 0 Å². The van der Waals surface area contributed by atoms with E-state index in [2.05, 4.69) is 11.9 Å². The molecule has 1 unspecified atom stereocenters. The van der Waals surface area contributed by atoms with Gasteiger partial charge in [-0.05, 0) is 68.4 Å². The maximum atomic E-state index is 13.3. The molecule has 0 spiro atoms. The number of hydrogen-bond acceptors (Lipinski definition) is 2. The van der Waals surface area contributed by atoms with Gasteiger partial charge >= 0.3 is 0 Å². The molecule has 2 amide bonds. The van der Waals surface area contributed by atoms with E-state index in [9.17, 15) is 14.0 Å². The average Bonchev–Trinajstić information content (AvgIpc) is 3.36. The van der Waals surface area contributed by atoms with E-state index in [1.54, 1.807) is 4.90 Å². The number of amides is 2. The molecule has 0 aromatic heterocycles. The summed E-state index contributed by atoms with van der Waals surface area (Å²) in [6.45, 7) is 6.57. The number of piperidine rings is 1. The second-order valence-corrected chi connectivity index (χ2v) is 7.34. The first-order valence-corrected chi connectivity index (χ1v) is 8.91. The minimum absolute atomic E-state index is 0.0267. The summed E-state index contributed by atoms with van der Waals surface area (Å²) in [5.74, 6) is -0.479. The van der Waals surface area contributed by atoms with E-state index in [1.807, 2.05) is 13.0 Å². The van der Waals surface area contributed by atoms with Crippen molar-refractivity contribution in [2.75, 3.05) is 13.1 Å². The number of aryl methyl sites for hydroxylation is 1. The van der Waals surface area contributed by atoms with Crippen molar-refractivity contribution in [3.63, 3.8) is 0 Å². The molecule has 4 nitrogen and oxygen atoms in total. The summed E-state index contributed by atoms with van der Waals surface area (Å²) in [5, 5.41) is 3.21. The molecule has 1 N–H and O–H groups in total. The highest BCUT2D eigenvalue weighted by molar-refractivity contribution is 5.88. The number of carbonyl (C=O) groups is 2. The number of hydrogen-bond donors (Lipinski definition) is 1. The van der Waals surface area contributed by atoms with Crippen LogP contribution in [-0.2, 0) is 16.0 Å². The maximum Gasteiger partial charge on any atom is 0.245 e. The zero-order valence-electron chi connectivity index (χ0n) is 14.7. The fourth-order valence-electron chi connectivity index (χ4n) is 3.60. The van der Waals surface area contributed by atoms with Gasteiger partial charge in [-0.15, -0.1) is 0 Å². The Morgan fingerprint density at radius 3 is 2.84 bits per heavy atom. The summed E-state index contributed by atoms with van der Waals surface area (Å²) in [6, 6.07) is 4.81. The normalized spacial score (nSPS) is 21.5. The van der Waals surface area contributed by atoms with Gasteiger partial charge in [-0.2, -0.15) is 0 Å². The Morgan fingerprint density at radius 2 is 2.20 bits per heavy atom. The molecule has 1 atom stereocenters. The summed E-state index contributed by atoms with van der Waals surface area (Å²) in [4.78, 5) is 26.2. The Bertz CT molecular complexity index is 697. The Morgan fingerprint density at radius 1 is 1.44 bits per heavy atom. The standard InChI is InChI=1S/C20H25FN2O2/c1-3-18(24)23-10-4-5-16(13-23)19(25)22-20(8-9-20)12-15-6-7-17(21)11-14(15)2/h3,6-7,11,16H,1,4-5,8-10,12-13H2,2H3,(H,22,25). The molecule has 2 aliphatic rings. The summed E-state index contributed by atoms with van der Waals surface area (Å²) in [7, 11) is 0. The van der Waals surface area contributed by atoms with Crippen LogP contribution in [0.15, 0.2) is 30.9 Å². The molecule has 1 aromatic rings. The number of benzene rings is 1. The lowest BCUT2D eigenvalue weighted by Crippen LogP contribution is -2.48. The van der Waals surface area contributed by atoms with Crippen molar-refractivity contribution in [2.45, 2.75) is 44.6 Å². The van der Waals surface area contributed by atoms with Crippen molar-refractivity contribution < 1.29 is 14.0 Å². The van der Waals surface area contributed by atoms with Crippen molar-refractivity contribution in [1.82, 2.24) is 10.2 Å². The van der Waals surface area contributed by atoms with E-state index in [1.165, 1.54) is 18.2 Å². The van der Waals surface area contributed by atoms with E-state index >= 15 is 0 Å². The van der Waals surface area contributed by atoms with Crippen LogP contribution in [0.4, 0.5) is 4.39 Å². The number of nitrogens with one attached hydrogen (secondary N) is 1. The Labute approximate surface area is 148 Å². The maximum absolute atomic E-state index is 13.3. The van der Waals surface area contributed by atoms with Crippen LogP contribution in [0.1, 0.15) is 36.8 Å². The van der Waals surface area contributed by atoms with Gasteiger partial charge in [0.1, 0.15) is 5.82 Å². The molecule has 1 aliphatic heterocycles. The van der Waals surface area contributed by atoms with Gasteiger partial charge in [0.15, 0.2) is 0 Å². The molecular formula is C20H25FN2O2. The first kappa shape index (κ1) is 17.6. The quantitative estimate of drug-likeness (QED) is 0.835. The van der Waals surface area contributed by atoms with Crippen LogP contribution < -0.4 is 5.32 Å². The Balaban J connectivity index is 1.62. The third-order valence-corrected chi connectivity index (χ3v) is 5.35. The average molecular weight is 344 g/mol. The molecule has 5 heteroatoms. The fraction of sp³-hybridized carbons (Fsp3) is 0.500. The molecule has 1 aromatic carbocycles. The predicted molar refractivity (Wildman–Crippen MR) is 94.4 cm³/mol. The minimum atomic E-state index is -0.232. The predicted octanol–water partition coefficient (Wildman–Crippen LogP) is 2.75. The van der Waals surface area contributed by atoms with E-state index in [4.69, 9.17) is 0 Å². The van der Waals surface area contributed by atoms with E-state index in [0.717, 1.165) is 43.2 Å². The van der Waals surface area contributed by atoms with Crippen LogP contribution in [0, 0.1) is 18.7 Å². The summed E-state index contributed by atoms with van der Waals surface area (Å²) in [6.07, 6.45) is 5.56. The lowest BCUT2D eigenvalue weighted by atomic mass is 9.95. The van der Waals surface area contributed by atoms with E-state index < -0.39 is 0 Å². The molecule has 2 fully saturated rings. The molecule has 3 rings (SSSR count). The third-order valence-electron chi connectivity index (χ3n) is 5.35. The number of halogens is 1. The number of nitrogens with zero attached hydrogens (tertiary/aromatic N) is 1. The smallest absolute Gasteiger partial charge is 0.245 e. The van der Waals surface area contributed by atoms with Gasteiger partial charge in [0.25, 0.3) is 0 Å². The Kier molecular flexibility index (Phi) is 4.93. The molecule has 0 radical (unpaired) electrons. The molecule has 1 aliphatic carbocycles. The highest BCUT2D eigenvalue weighted by atomic mass is 19.1. The van der Waals surface area contributed by atoms with Crippen LogP contribution in [0.2, 0.25) is 0 Å². The van der Waals surface area contributed by atoms with Crippen LogP contribution in [0.25, 0.3) is 0 Å². The van der Waals surface area contributed by atoms with Crippen LogP contribution in [-0.4, -0.2) is 35.3 Å². The van der Waals surface area contributed by atoms with Gasteiger partial charge < -0.3 is 10.2 Å². The topological polar surface area (TPSA) is 49.4 Å².